The van der Waals surface area contributed by atoms with Gasteiger partial charge < -0.3 is 10.6 Å². The summed E-state index contributed by atoms with van der Waals surface area (Å²) in [4.78, 5) is 2.58. The SMILES string of the molecule is CCC1CCN(CC(C)(C)CN)CC1. The molecule has 1 heterocycles. The van der Waals surface area contributed by atoms with Crippen LogP contribution in [-0.4, -0.2) is 31.1 Å². The van der Waals surface area contributed by atoms with Crippen LogP contribution in [0.5, 0.6) is 0 Å². The molecule has 0 saturated carbocycles. The average Bonchev–Trinajstić information content (AvgIpc) is 2.19. The zero-order valence-electron chi connectivity index (χ0n) is 10.1. The predicted molar refractivity (Wildman–Crippen MR) is 62.3 cm³/mol. The molecule has 1 rings (SSSR count). The molecule has 2 heteroatoms. The van der Waals surface area contributed by atoms with Gasteiger partial charge >= 0.3 is 0 Å². The second kappa shape index (κ2) is 5.13. The summed E-state index contributed by atoms with van der Waals surface area (Å²) < 4.78 is 0. The van der Waals surface area contributed by atoms with Gasteiger partial charge in [-0.15, -0.1) is 0 Å². The minimum absolute atomic E-state index is 0.291. The molecule has 0 aromatic carbocycles. The maximum atomic E-state index is 5.75. The van der Waals surface area contributed by atoms with Crippen molar-refractivity contribution in [2.75, 3.05) is 26.2 Å². The van der Waals surface area contributed by atoms with Crippen LogP contribution in [0.4, 0.5) is 0 Å². The molecule has 0 radical (unpaired) electrons. The number of rotatable bonds is 4. The van der Waals surface area contributed by atoms with Gasteiger partial charge in [0, 0.05) is 6.54 Å². The lowest BCUT2D eigenvalue weighted by molar-refractivity contribution is 0.130. The minimum Gasteiger partial charge on any atom is -0.330 e. The zero-order chi connectivity index (χ0) is 10.6. The predicted octanol–water partition coefficient (Wildman–Crippen LogP) is 2.09. The number of nitrogens with zero attached hydrogens (tertiary/aromatic N) is 1. The van der Waals surface area contributed by atoms with Crippen LogP contribution >= 0.6 is 0 Å². The second-order valence-electron chi connectivity index (χ2n) is 5.50. The number of hydrogen-bond donors (Lipinski definition) is 1. The Morgan fingerprint density at radius 3 is 2.29 bits per heavy atom. The van der Waals surface area contributed by atoms with Crippen LogP contribution in [0, 0.1) is 11.3 Å². The van der Waals surface area contributed by atoms with Crippen LogP contribution in [0.1, 0.15) is 40.0 Å². The normalized spacial score (nSPS) is 21.4. The van der Waals surface area contributed by atoms with Crippen LogP contribution in [0.2, 0.25) is 0 Å². The summed E-state index contributed by atoms with van der Waals surface area (Å²) in [6.07, 6.45) is 4.13. The number of likely N-dealkylation sites (tertiary alicyclic amines) is 1. The van der Waals surface area contributed by atoms with Gasteiger partial charge in [0.2, 0.25) is 0 Å². The molecule has 0 spiro atoms. The summed E-state index contributed by atoms with van der Waals surface area (Å²) >= 11 is 0. The van der Waals surface area contributed by atoms with Crippen LogP contribution in [-0.2, 0) is 0 Å². The molecule has 0 atom stereocenters. The van der Waals surface area contributed by atoms with Gasteiger partial charge in [0.05, 0.1) is 0 Å². The summed E-state index contributed by atoms with van der Waals surface area (Å²) in [5.74, 6) is 0.979. The van der Waals surface area contributed by atoms with Gasteiger partial charge in [-0.1, -0.05) is 27.2 Å². The summed E-state index contributed by atoms with van der Waals surface area (Å²) in [5.41, 5.74) is 6.04. The van der Waals surface area contributed by atoms with Crippen molar-refractivity contribution >= 4 is 0 Å². The quantitative estimate of drug-likeness (QED) is 0.749. The molecule has 0 aromatic heterocycles. The first-order valence-electron chi connectivity index (χ1n) is 6.00. The Labute approximate surface area is 88.8 Å². The topological polar surface area (TPSA) is 29.3 Å². The van der Waals surface area contributed by atoms with Gasteiger partial charge in [-0.25, -0.2) is 0 Å². The van der Waals surface area contributed by atoms with Gasteiger partial charge in [-0.05, 0) is 43.8 Å². The third-order valence-electron chi connectivity index (χ3n) is 3.49. The fraction of sp³-hybridized carbons (Fsp3) is 1.00. The van der Waals surface area contributed by atoms with Crippen LogP contribution < -0.4 is 5.73 Å². The van der Waals surface area contributed by atoms with Crippen molar-refractivity contribution in [3.8, 4) is 0 Å². The first kappa shape index (κ1) is 12.0. The summed E-state index contributed by atoms with van der Waals surface area (Å²) in [6, 6.07) is 0. The Morgan fingerprint density at radius 2 is 1.86 bits per heavy atom. The highest BCUT2D eigenvalue weighted by Gasteiger charge is 2.23. The van der Waals surface area contributed by atoms with Crippen molar-refractivity contribution in [3.63, 3.8) is 0 Å². The molecule has 0 unspecified atom stereocenters. The van der Waals surface area contributed by atoms with E-state index in [9.17, 15) is 0 Å². The van der Waals surface area contributed by atoms with E-state index in [4.69, 9.17) is 5.73 Å². The molecule has 1 saturated heterocycles. The van der Waals surface area contributed by atoms with Crippen molar-refractivity contribution in [2.24, 2.45) is 17.1 Å². The molecule has 1 aliphatic rings. The van der Waals surface area contributed by atoms with Crippen molar-refractivity contribution in [1.29, 1.82) is 0 Å². The fourth-order valence-corrected chi connectivity index (χ4v) is 2.22. The molecule has 0 aromatic rings. The van der Waals surface area contributed by atoms with Gasteiger partial charge in [-0.2, -0.15) is 0 Å². The highest BCUT2D eigenvalue weighted by Crippen LogP contribution is 2.23. The average molecular weight is 198 g/mol. The maximum absolute atomic E-state index is 5.75. The van der Waals surface area contributed by atoms with E-state index in [2.05, 4.69) is 25.7 Å². The maximum Gasteiger partial charge on any atom is 0.00448 e. The molecule has 1 fully saturated rings. The molecule has 2 nitrogen and oxygen atoms in total. The van der Waals surface area contributed by atoms with Gasteiger partial charge in [0.1, 0.15) is 0 Å². The first-order valence-corrected chi connectivity index (χ1v) is 6.00. The minimum atomic E-state index is 0.291. The Kier molecular flexibility index (Phi) is 4.39. The van der Waals surface area contributed by atoms with E-state index in [1.807, 2.05) is 0 Å². The van der Waals surface area contributed by atoms with E-state index in [1.165, 1.54) is 38.9 Å². The second-order valence-corrected chi connectivity index (χ2v) is 5.50. The van der Waals surface area contributed by atoms with E-state index < -0.39 is 0 Å². The van der Waals surface area contributed by atoms with E-state index in [0.717, 1.165) is 12.5 Å². The van der Waals surface area contributed by atoms with Crippen molar-refractivity contribution in [2.45, 2.75) is 40.0 Å². The number of nitrogens with two attached hydrogens (primary N) is 1. The third-order valence-corrected chi connectivity index (χ3v) is 3.49. The molecule has 0 amide bonds. The van der Waals surface area contributed by atoms with Crippen molar-refractivity contribution in [1.82, 2.24) is 4.90 Å². The van der Waals surface area contributed by atoms with Gasteiger partial charge in [0.25, 0.3) is 0 Å². The van der Waals surface area contributed by atoms with E-state index in [1.54, 1.807) is 0 Å². The third kappa shape index (κ3) is 3.58. The van der Waals surface area contributed by atoms with Crippen molar-refractivity contribution < 1.29 is 0 Å². The molecule has 84 valence electrons. The lowest BCUT2D eigenvalue weighted by atomic mass is 9.89. The first-order chi connectivity index (χ1) is 6.57. The molecule has 0 bridgehead atoms. The van der Waals surface area contributed by atoms with Crippen LogP contribution in [0.25, 0.3) is 0 Å². The Hall–Kier alpha value is -0.0800. The van der Waals surface area contributed by atoms with E-state index in [-0.39, 0.29) is 0 Å². The van der Waals surface area contributed by atoms with Gasteiger partial charge in [-0.3, -0.25) is 0 Å². The molecule has 1 aliphatic heterocycles. The fourth-order valence-electron chi connectivity index (χ4n) is 2.22. The van der Waals surface area contributed by atoms with Crippen molar-refractivity contribution in [3.05, 3.63) is 0 Å². The Balaban J connectivity index is 2.28. The van der Waals surface area contributed by atoms with Gasteiger partial charge in [0.15, 0.2) is 0 Å². The molecular weight excluding hydrogens is 172 g/mol. The summed E-state index contributed by atoms with van der Waals surface area (Å²) in [6.45, 7) is 11.4. The summed E-state index contributed by atoms with van der Waals surface area (Å²) in [5, 5.41) is 0. The lowest BCUT2D eigenvalue weighted by Gasteiger charge is -2.36. The highest BCUT2D eigenvalue weighted by molar-refractivity contribution is 4.78. The smallest absolute Gasteiger partial charge is 0.00448 e. The molecule has 2 N–H and O–H groups in total. The zero-order valence-corrected chi connectivity index (χ0v) is 10.1. The lowest BCUT2D eigenvalue weighted by Crippen LogP contribution is -2.42. The number of hydrogen-bond acceptors (Lipinski definition) is 2. The molecule has 14 heavy (non-hydrogen) atoms. The van der Waals surface area contributed by atoms with Crippen LogP contribution in [0.3, 0.4) is 0 Å². The molecule has 0 aliphatic carbocycles. The highest BCUT2D eigenvalue weighted by atomic mass is 15.1. The monoisotopic (exact) mass is 198 g/mol. The summed E-state index contributed by atoms with van der Waals surface area (Å²) in [7, 11) is 0. The largest absolute Gasteiger partial charge is 0.330 e. The van der Waals surface area contributed by atoms with Crippen LogP contribution in [0.15, 0.2) is 0 Å². The van der Waals surface area contributed by atoms with E-state index in [0.29, 0.717) is 5.41 Å². The number of piperidine rings is 1. The Morgan fingerprint density at radius 1 is 1.29 bits per heavy atom. The van der Waals surface area contributed by atoms with E-state index >= 15 is 0 Å². The molecular formula is C12H26N2. The Bertz CT molecular complexity index is 158. The standard InChI is InChI=1S/C12H26N2/c1-4-11-5-7-14(8-6-11)10-12(2,3)9-13/h11H,4-10,13H2,1-3H3.